The van der Waals surface area contributed by atoms with E-state index >= 15 is 0 Å². The molecule has 1 fully saturated rings. The van der Waals surface area contributed by atoms with E-state index in [1.54, 1.807) is 0 Å². The molecular weight excluding hydrogens is 358 g/mol. The Balaban J connectivity index is 1.98. The fourth-order valence-electron chi connectivity index (χ4n) is 4.57. The Morgan fingerprint density at radius 2 is 1.79 bits per heavy atom. The van der Waals surface area contributed by atoms with Crippen LogP contribution in [0.2, 0.25) is 0 Å². The van der Waals surface area contributed by atoms with Crippen molar-refractivity contribution in [1.29, 1.82) is 0 Å². The third-order valence-electron chi connectivity index (χ3n) is 6.07. The number of amides is 1. The molecule has 29 heavy (non-hydrogen) atoms. The summed E-state index contributed by atoms with van der Waals surface area (Å²) in [6.07, 6.45) is 4.91. The molecule has 1 aromatic heterocycles. The van der Waals surface area contributed by atoms with Crippen molar-refractivity contribution in [3.8, 4) is 11.3 Å². The maximum Gasteiger partial charge on any atom is 0.228 e. The van der Waals surface area contributed by atoms with Crippen LogP contribution < -0.4 is 0 Å². The van der Waals surface area contributed by atoms with Crippen molar-refractivity contribution in [2.24, 2.45) is 5.92 Å². The van der Waals surface area contributed by atoms with Gasteiger partial charge in [-0.1, -0.05) is 31.5 Å². The third-order valence-corrected chi connectivity index (χ3v) is 6.07. The Morgan fingerprint density at radius 1 is 1.14 bits per heavy atom. The van der Waals surface area contributed by atoms with Crippen LogP contribution in [0.4, 0.5) is 0 Å². The number of aryl methyl sites for hydroxylation is 4. The minimum Gasteiger partial charge on any atom is -0.342 e. The van der Waals surface area contributed by atoms with Gasteiger partial charge in [0.15, 0.2) is 0 Å². The van der Waals surface area contributed by atoms with Crippen molar-refractivity contribution < 1.29 is 4.79 Å². The van der Waals surface area contributed by atoms with Gasteiger partial charge in [-0.25, -0.2) is 0 Å². The van der Waals surface area contributed by atoms with E-state index in [9.17, 15) is 4.79 Å². The van der Waals surface area contributed by atoms with Crippen molar-refractivity contribution in [1.82, 2.24) is 14.7 Å². The Bertz CT molecular complexity index is 853. The average molecular weight is 396 g/mol. The summed E-state index contributed by atoms with van der Waals surface area (Å²) in [6.45, 7) is 15.5. The molecule has 0 aliphatic heterocycles. The molecule has 0 unspecified atom stereocenters. The molecule has 1 aliphatic rings. The van der Waals surface area contributed by atoms with Gasteiger partial charge >= 0.3 is 0 Å². The van der Waals surface area contributed by atoms with E-state index in [-0.39, 0.29) is 5.91 Å². The van der Waals surface area contributed by atoms with E-state index < -0.39 is 0 Å². The molecule has 0 saturated heterocycles. The molecule has 0 N–H and O–H groups in total. The fraction of sp³-hybridized carbons (Fsp3) is 0.600. The Labute approximate surface area is 176 Å². The highest BCUT2D eigenvalue weighted by Gasteiger charge is 2.28. The summed E-state index contributed by atoms with van der Waals surface area (Å²) in [6, 6.07) is 4.46. The lowest BCUT2D eigenvalue weighted by molar-refractivity contribution is -0.130. The minimum atomic E-state index is 0.256. The lowest BCUT2D eigenvalue weighted by Gasteiger charge is -2.22. The lowest BCUT2D eigenvalue weighted by atomic mass is 9.93. The minimum absolute atomic E-state index is 0.256. The summed E-state index contributed by atoms with van der Waals surface area (Å²) >= 11 is 0. The smallest absolute Gasteiger partial charge is 0.228 e. The second-order valence-electron chi connectivity index (χ2n) is 8.68. The molecule has 3 rings (SSSR count). The Morgan fingerprint density at radius 3 is 2.31 bits per heavy atom. The molecule has 1 aromatic carbocycles. The zero-order valence-corrected chi connectivity index (χ0v) is 19.1. The first-order valence-corrected chi connectivity index (χ1v) is 11.3. The number of rotatable bonds is 9. The first-order valence-electron chi connectivity index (χ1n) is 11.3. The molecule has 0 spiro atoms. The van der Waals surface area contributed by atoms with Gasteiger partial charge in [-0.05, 0) is 70.4 Å². The summed E-state index contributed by atoms with van der Waals surface area (Å²) in [5.41, 5.74) is 8.44. The fourth-order valence-corrected chi connectivity index (χ4v) is 4.57. The van der Waals surface area contributed by atoms with Crippen LogP contribution in [0, 0.1) is 26.7 Å². The molecule has 0 bridgehead atoms. The van der Waals surface area contributed by atoms with E-state index in [0.29, 0.717) is 6.42 Å². The second-order valence-corrected chi connectivity index (χ2v) is 8.68. The predicted octanol–water partition coefficient (Wildman–Crippen LogP) is 5.25. The number of nitrogens with zero attached hydrogens (tertiary/aromatic N) is 3. The Kier molecular flexibility index (Phi) is 6.81. The molecule has 4 heteroatoms. The van der Waals surface area contributed by atoms with Crippen molar-refractivity contribution in [2.75, 3.05) is 13.1 Å². The third kappa shape index (κ3) is 4.73. The van der Waals surface area contributed by atoms with E-state index in [2.05, 4.69) is 63.3 Å². The van der Waals surface area contributed by atoms with Crippen LogP contribution >= 0.6 is 0 Å². The molecule has 1 aliphatic carbocycles. The van der Waals surface area contributed by atoms with Crippen LogP contribution in [0.5, 0.6) is 0 Å². The molecule has 0 atom stereocenters. The standard InChI is InChI=1S/C25H37N3O/c1-7-12-27(16-20-10-11-20)23(29)15-22-21(8-2)25(26-28(22)9-3)24-18(5)13-17(4)14-19(24)6/h13-14,20H,7-12,15-16H2,1-6H3. The SMILES string of the molecule is CCCN(CC1CC1)C(=O)Cc1c(CC)c(-c2c(C)cc(C)cc2C)nn1CC. The van der Waals surface area contributed by atoms with Gasteiger partial charge in [0.2, 0.25) is 5.91 Å². The maximum absolute atomic E-state index is 13.2. The number of carbonyl (C=O) groups excluding carboxylic acids is 1. The van der Waals surface area contributed by atoms with Gasteiger partial charge in [-0.3, -0.25) is 9.48 Å². The molecule has 1 saturated carbocycles. The molecule has 4 nitrogen and oxygen atoms in total. The Hall–Kier alpha value is -2.10. The van der Waals surface area contributed by atoms with Gasteiger partial charge in [-0.15, -0.1) is 0 Å². The summed E-state index contributed by atoms with van der Waals surface area (Å²) in [7, 11) is 0. The number of carbonyl (C=O) groups is 1. The zero-order valence-electron chi connectivity index (χ0n) is 19.1. The number of hydrogen-bond donors (Lipinski definition) is 0. The normalized spacial score (nSPS) is 13.7. The van der Waals surface area contributed by atoms with Gasteiger partial charge < -0.3 is 4.90 Å². The van der Waals surface area contributed by atoms with E-state index in [1.165, 1.54) is 40.7 Å². The summed E-state index contributed by atoms with van der Waals surface area (Å²) in [4.78, 5) is 15.3. The van der Waals surface area contributed by atoms with Gasteiger partial charge in [0, 0.05) is 30.8 Å². The van der Waals surface area contributed by atoms with E-state index in [0.717, 1.165) is 49.8 Å². The van der Waals surface area contributed by atoms with Gasteiger partial charge in [0.05, 0.1) is 17.8 Å². The highest BCUT2D eigenvalue weighted by molar-refractivity contribution is 5.80. The molecule has 1 heterocycles. The van der Waals surface area contributed by atoms with Crippen LogP contribution in [0.1, 0.15) is 68.0 Å². The lowest BCUT2D eigenvalue weighted by Crippen LogP contribution is -2.35. The number of aromatic nitrogens is 2. The molecule has 158 valence electrons. The summed E-state index contributed by atoms with van der Waals surface area (Å²) < 4.78 is 2.06. The topological polar surface area (TPSA) is 38.1 Å². The van der Waals surface area contributed by atoms with Gasteiger partial charge in [0.25, 0.3) is 0 Å². The van der Waals surface area contributed by atoms with Crippen molar-refractivity contribution >= 4 is 5.91 Å². The summed E-state index contributed by atoms with van der Waals surface area (Å²) in [5.74, 6) is 0.979. The monoisotopic (exact) mass is 395 g/mol. The highest BCUT2D eigenvalue weighted by Crippen LogP contribution is 2.33. The predicted molar refractivity (Wildman–Crippen MR) is 120 cm³/mol. The molecule has 0 radical (unpaired) electrons. The number of hydrogen-bond acceptors (Lipinski definition) is 2. The maximum atomic E-state index is 13.2. The van der Waals surface area contributed by atoms with Crippen LogP contribution in [0.25, 0.3) is 11.3 Å². The van der Waals surface area contributed by atoms with Gasteiger partial charge in [0.1, 0.15) is 0 Å². The second kappa shape index (κ2) is 9.15. The van der Waals surface area contributed by atoms with E-state index in [1.807, 2.05) is 0 Å². The van der Waals surface area contributed by atoms with Crippen LogP contribution in [0.3, 0.4) is 0 Å². The van der Waals surface area contributed by atoms with Crippen molar-refractivity contribution in [2.45, 2.75) is 80.2 Å². The van der Waals surface area contributed by atoms with Crippen LogP contribution in [-0.4, -0.2) is 33.7 Å². The molecular formula is C25H37N3O. The number of benzene rings is 1. The van der Waals surface area contributed by atoms with Crippen molar-refractivity contribution in [3.63, 3.8) is 0 Å². The highest BCUT2D eigenvalue weighted by atomic mass is 16.2. The van der Waals surface area contributed by atoms with E-state index in [4.69, 9.17) is 5.10 Å². The zero-order chi connectivity index (χ0) is 21.1. The first kappa shape index (κ1) is 21.6. The largest absolute Gasteiger partial charge is 0.342 e. The average Bonchev–Trinajstić information content (AvgIpc) is 3.41. The van der Waals surface area contributed by atoms with Gasteiger partial charge in [-0.2, -0.15) is 5.10 Å². The summed E-state index contributed by atoms with van der Waals surface area (Å²) in [5, 5.41) is 5.00. The molecule has 1 amide bonds. The van der Waals surface area contributed by atoms with Crippen LogP contribution in [-0.2, 0) is 24.2 Å². The quantitative estimate of drug-likeness (QED) is 0.582. The molecule has 2 aromatic rings. The van der Waals surface area contributed by atoms with Crippen LogP contribution in [0.15, 0.2) is 12.1 Å². The van der Waals surface area contributed by atoms with Crippen molar-refractivity contribution in [3.05, 3.63) is 40.1 Å². The first-order chi connectivity index (χ1) is 13.9.